The van der Waals surface area contributed by atoms with Crippen molar-refractivity contribution in [2.45, 2.75) is 90.1 Å². The molecule has 1 fully saturated rings. The smallest absolute Gasteiger partial charge is 0.297 e. The normalized spacial score (nSPS) is 16.5. The number of pyridine rings is 1. The number of benzene rings is 1. The van der Waals surface area contributed by atoms with Gasteiger partial charge in [-0.25, -0.2) is 4.98 Å². The molecule has 4 rings (SSSR count). The van der Waals surface area contributed by atoms with Crippen LogP contribution in [0.15, 0.2) is 28.7 Å². The molecule has 1 aliphatic rings. The summed E-state index contributed by atoms with van der Waals surface area (Å²) in [6.45, 7) is 23.0. The number of hydrogen-bond acceptors (Lipinski definition) is 10. The van der Waals surface area contributed by atoms with Gasteiger partial charge in [0.2, 0.25) is 5.65 Å². The number of oxazole rings is 1. The largest absolute Gasteiger partial charge is 0.467 e. The van der Waals surface area contributed by atoms with Crippen molar-refractivity contribution < 1.29 is 23.1 Å². The molecule has 1 N–H and O–H groups in total. The number of piperidine rings is 1. The van der Waals surface area contributed by atoms with E-state index in [4.69, 9.17) is 33.0 Å². The number of likely N-dealkylation sites (tertiary alicyclic amines) is 1. The number of nitrogens with one attached hydrogen (secondary N) is 1. The van der Waals surface area contributed by atoms with Crippen LogP contribution >= 0.6 is 0 Å². The molecule has 0 unspecified atom stereocenters. The van der Waals surface area contributed by atoms with Gasteiger partial charge in [0.25, 0.3) is 6.01 Å². The second kappa shape index (κ2) is 15.4. The Kier molecular flexibility index (Phi) is 12.1. The molecule has 0 radical (unpaired) electrons. The molecule has 1 aromatic carbocycles. The average Bonchev–Trinajstić information content (AvgIpc) is 3.37. The molecule has 0 aliphatic carbocycles. The van der Waals surface area contributed by atoms with E-state index in [0.29, 0.717) is 47.5 Å². The highest BCUT2D eigenvalue weighted by Gasteiger charge is 2.37. The van der Waals surface area contributed by atoms with E-state index < -0.39 is 16.4 Å². The Hall–Kier alpha value is -2.80. The third-order valence-corrected chi connectivity index (χ3v) is 15.2. The predicted octanol–water partition coefficient (Wildman–Crippen LogP) is 7.50. The Morgan fingerprint density at radius 2 is 1.89 bits per heavy atom. The van der Waals surface area contributed by atoms with Crippen molar-refractivity contribution in [2.75, 3.05) is 52.1 Å². The molecule has 46 heavy (non-hydrogen) atoms. The maximum absolute atomic E-state index is 9.69. The lowest BCUT2D eigenvalue weighted by molar-refractivity contribution is 0.0222. The summed E-state index contributed by atoms with van der Waals surface area (Å²) in [6, 6.07) is 11.3. The minimum absolute atomic E-state index is 0.0832. The Labute approximate surface area is 276 Å². The molecule has 0 bridgehead atoms. The topological polar surface area (TPSA) is 115 Å². The molecule has 1 aliphatic heterocycles. The van der Waals surface area contributed by atoms with Crippen LogP contribution in [-0.2, 0) is 20.5 Å². The molecule has 12 heteroatoms. The van der Waals surface area contributed by atoms with Crippen LogP contribution in [0, 0.1) is 11.3 Å². The number of aromatic nitrogens is 2. The number of ether oxygens (including phenoxy) is 3. The van der Waals surface area contributed by atoms with E-state index >= 15 is 0 Å². The van der Waals surface area contributed by atoms with E-state index in [1.54, 1.807) is 13.2 Å². The SMILES string of the molecule is COCc1cc(C#N)cc(OCOCC[Si](C)(C)C)c1-c1ccc2oc(N[C@@H]3CCCN(CCO[Si](C)(C)C(C)(C)C)C3)nc2n1. The van der Waals surface area contributed by atoms with Gasteiger partial charge in [-0.1, -0.05) is 40.4 Å². The lowest BCUT2D eigenvalue weighted by Crippen LogP contribution is -2.46. The zero-order valence-corrected chi connectivity index (χ0v) is 31.3. The number of nitrogens with zero attached hydrogens (tertiary/aromatic N) is 4. The molecular weight excluding hydrogens is 615 g/mol. The lowest BCUT2D eigenvalue weighted by atomic mass is 10.00. The van der Waals surface area contributed by atoms with Crippen molar-refractivity contribution in [1.29, 1.82) is 5.26 Å². The van der Waals surface area contributed by atoms with E-state index in [1.165, 1.54) is 0 Å². The third kappa shape index (κ3) is 9.86. The van der Waals surface area contributed by atoms with Gasteiger partial charge >= 0.3 is 0 Å². The summed E-state index contributed by atoms with van der Waals surface area (Å²) in [4.78, 5) is 12.1. The Bertz CT molecular complexity index is 1490. The molecule has 3 aromatic rings. The van der Waals surface area contributed by atoms with Crippen LogP contribution in [0.3, 0.4) is 0 Å². The summed E-state index contributed by atoms with van der Waals surface area (Å²) in [7, 11) is -1.35. The van der Waals surface area contributed by atoms with Gasteiger partial charge in [-0.2, -0.15) is 10.2 Å². The number of methoxy groups -OCH3 is 1. The first-order valence-corrected chi connectivity index (χ1v) is 23.0. The molecule has 1 atom stereocenters. The van der Waals surface area contributed by atoms with Gasteiger partial charge in [-0.05, 0) is 73.4 Å². The standard InChI is InChI=1S/C34H53N5O5Si2/c1-34(2,3)46(8,9)43-16-15-39-14-10-11-27(22-39)36-33-38-32-29(44-33)13-12-28(37-32)31-26(23-40-4)19-25(21-35)20-30(31)42-24-41-17-18-45(5,6)7/h12-13,19-20,27H,10-11,14-18,22-24H2,1-9H3,(H,36,37,38)/t27-/m1/s1. The Morgan fingerprint density at radius 3 is 2.59 bits per heavy atom. The maximum Gasteiger partial charge on any atom is 0.297 e. The van der Waals surface area contributed by atoms with Crippen LogP contribution in [0.2, 0.25) is 43.8 Å². The van der Waals surface area contributed by atoms with Gasteiger partial charge in [0.15, 0.2) is 20.7 Å². The van der Waals surface area contributed by atoms with Gasteiger partial charge in [0, 0.05) is 53.1 Å². The maximum atomic E-state index is 9.69. The van der Waals surface area contributed by atoms with E-state index in [2.05, 4.69) is 69.8 Å². The summed E-state index contributed by atoms with van der Waals surface area (Å²) in [6.07, 6.45) is 2.15. The first kappa shape index (κ1) is 36.0. The van der Waals surface area contributed by atoms with Crippen LogP contribution in [0.5, 0.6) is 5.75 Å². The summed E-state index contributed by atoms with van der Waals surface area (Å²) in [5.74, 6) is 0.521. The first-order valence-electron chi connectivity index (χ1n) is 16.4. The third-order valence-electron chi connectivity index (χ3n) is 8.93. The van der Waals surface area contributed by atoms with Crippen molar-refractivity contribution in [1.82, 2.24) is 14.9 Å². The number of rotatable bonds is 15. The fourth-order valence-corrected chi connectivity index (χ4v) is 6.96. The van der Waals surface area contributed by atoms with Gasteiger partial charge in [-0.15, -0.1) is 0 Å². The molecule has 10 nitrogen and oxygen atoms in total. The Balaban J connectivity index is 1.47. The van der Waals surface area contributed by atoms with Gasteiger partial charge in [0.05, 0.1) is 23.9 Å². The zero-order valence-electron chi connectivity index (χ0n) is 29.3. The van der Waals surface area contributed by atoms with Gasteiger partial charge in [-0.3, -0.25) is 4.90 Å². The highest BCUT2D eigenvalue weighted by molar-refractivity contribution is 6.76. The van der Waals surface area contributed by atoms with Crippen LogP contribution in [0.1, 0.15) is 44.7 Å². The van der Waals surface area contributed by atoms with E-state index in [9.17, 15) is 5.26 Å². The van der Waals surface area contributed by atoms with Crippen molar-refractivity contribution in [2.24, 2.45) is 0 Å². The van der Waals surface area contributed by atoms with Crippen molar-refractivity contribution in [3.8, 4) is 23.1 Å². The minimum atomic E-state index is -1.76. The number of hydrogen-bond donors (Lipinski definition) is 1. The van der Waals surface area contributed by atoms with Crippen LogP contribution < -0.4 is 10.1 Å². The molecule has 3 heterocycles. The number of fused-ring (bicyclic) bond motifs is 1. The lowest BCUT2D eigenvalue weighted by Gasteiger charge is -2.38. The van der Waals surface area contributed by atoms with Gasteiger partial charge in [0.1, 0.15) is 5.75 Å². The zero-order chi connectivity index (χ0) is 33.5. The Morgan fingerprint density at radius 1 is 1.11 bits per heavy atom. The molecule has 0 amide bonds. The minimum Gasteiger partial charge on any atom is -0.467 e. The highest BCUT2D eigenvalue weighted by atomic mass is 28.4. The number of nitriles is 1. The quantitative estimate of drug-likeness (QED) is 0.0993. The van der Waals surface area contributed by atoms with Crippen molar-refractivity contribution in [3.63, 3.8) is 0 Å². The van der Waals surface area contributed by atoms with Crippen molar-refractivity contribution >= 4 is 33.6 Å². The van der Waals surface area contributed by atoms with E-state index in [-0.39, 0.29) is 17.9 Å². The molecule has 0 spiro atoms. The highest BCUT2D eigenvalue weighted by Crippen LogP contribution is 2.37. The van der Waals surface area contributed by atoms with Crippen LogP contribution in [0.25, 0.3) is 22.5 Å². The fourth-order valence-electron chi connectivity index (χ4n) is 5.17. The molecular formula is C34H53N5O5Si2. The second-order valence-electron chi connectivity index (χ2n) is 15.0. The molecule has 0 saturated carbocycles. The summed E-state index contributed by atoms with van der Waals surface area (Å²) < 4.78 is 29.9. The fraction of sp³-hybridized carbons (Fsp3) is 0.618. The second-order valence-corrected chi connectivity index (χ2v) is 25.4. The van der Waals surface area contributed by atoms with E-state index in [1.807, 2.05) is 18.2 Å². The molecule has 2 aromatic heterocycles. The monoisotopic (exact) mass is 667 g/mol. The molecule has 252 valence electrons. The van der Waals surface area contributed by atoms with Crippen LogP contribution in [-0.4, -0.2) is 84.1 Å². The van der Waals surface area contributed by atoms with Gasteiger partial charge < -0.3 is 28.4 Å². The molecule has 1 saturated heterocycles. The summed E-state index contributed by atoms with van der Waals surface area (Å²) in [5, 5.41) is 13.4. The summed E-state index contributed by atoms with van der Waals surface area (Å²) >= 11 is 0. The van der Waals surface area contributed by atoms with Crippen LogP contribution in [0.4, 0.5) is 6.01 Å². The predicted molar refractivity (Wildman–Crippen MR) is 189 cm³/mol. The summed E-state index contributed by atoms with van der Waals surface area (Å²) in [5.41, 5.74) is 3.78. The number of anilines is 1. The van der Waals surface area contributed by atoms with E-state index in [0.717, 1.165) is 56.3 Å². The van der Waals surface area contributed by atoms with Crippen molar-refractivity contribution in [3.05, 3.63) is 35.4 Å². The first-order chi connectivity index (χ1) is 21.7. The average molecular weight is 668 g/mol.